The van der Waals surface area contributed by atoms with Gasteiger partial charge in [-0.05, 0) is 40.7 Å². The fraction of sp³-hybridized carbons (Fsp3) is 0.412. The predicted molar refractivity (Wildman–Crippen MR) is 79.1 cm³/mol. The summed E-state index contributed by atoms with van der Waals surface area (Å²) < 4.78 is 0. The second kappa shape index (κ2) is 4.95. The third-order valence-corrected chi connectivity index (χ3v) is 4.15. The van der Waals surface area contributed by atoms with Crippen LogP contribution in [-0.4, -0.2) is 18.2 Å². The highest BCUT2D eigenvalue weighted by molar-refractivity contribution is 5.83. The normalized spacial score (nSPS) is 18.4. The lowest BCUT2D eigenvalue weighted by Gasteiger charge is -2.15. The number of rotatable bonds is 5. The van der Waals surface area contributed by atoms with Crippen LogP contribution in [0, 0.1) is 5.41 Å². The number of aliphatic hydroxyl groups excluding tert-OH is 1. The van der Waals surface area contributed by atoms with E-state index in [9.17, 15) is 5.11 Å². The lowest BCUT2D eigenvalue weighted by atomic mass is 10.0. The Morgan fingerprint density at radius 1 is 1.16 bits per heavy atom. The molecule has 0 radical (unpaired) electrons. The second-order valence-electron chi connectivity index (χ2n) is 6.06. The topological polar surface area (TPSA) is 32.3 Å². The van der Waals surface area contributed by atoms with Gasteiger partial charge in [0.1, 0.15) is 0 Å². The van der Waals surface area contributed by atoms with Gasteiger partial charge in [0, 0.05) is 13.1 Å². The Morgan fingerprint density at radius 3 is 2.63 bits per heavy atom. The number of fused-ring (bicyclic) bond motifs is 1. The summed E-state index contributed by atoms with van der Waals surface area (Å²) in [6.45, 7) is 3.94. The van der Waals surface area contributed by atoms with Gasteiger partial charge < -0.3 is 10.4 Å². The van der Waals surface area contributed by atoms with E-state index < -0.39 is 6.10 Å². The third-order valence-electron chi connectivity index (χ3n) is 4.15. The van der Waals surface area contributed by atoms with E-state index in [1.54, 1.807) is 0 Å². The summed E-state index contributed by atoms with van der Waals surface area (Å²) in [5.41, 5.74) is 1.48. The van der Waals surface area contributed by atoms with Gasteiger partial charge in [-0.3, -0.25) is 0 Å². The third kappa shape index (κ3) is 2.96. The van der Waals surface area contributed by atoms with Crippen LogP contribution in [-0.2, 0) is 0 Å². The maximum absolute atomic E-state index is 10.2. The summed E-state index contributed by atoms with van der Waals surface area (Å²) in [6.07, 6.45) is 2.20. The van der Waals surface area contributed by atoms with E-state index in [0.717, 1.165) is 12.1 Å². The van der Waals surface area contributed by atoms with Gasteiger partial charge in [-0.2, -0.15) is 0 Å². The van der Waals surface area contributed by atoms with Crippen molar-refractivity contribution in [1.82, 2.24) is 5.32 Å². The molecule has 0 aromatic heterocycles. The second-order valence-corrected chi connectivity index (χ2v) is 6.06. The van der Waals surface area contributed by atoms with Crippen molar-refractivity contribution in [3.05, 3.63) is 48.0 Å². The number of hydrogen-bond acceptors (Lipinski definition) is 2. The lowest BCUT2D eigenvalue weighted by molar-refractivity contribution is 0.172. The highest BCUT2D eigenvalue weighted by Crippen LogP contribution is 2.44. The Labute approximate surface area is 114 Å². The van der Waals surface area contributed by atoms with Gasteiger partial charge in [-0.25, -0.2) is 0 Å². The molecule has 2 N–H and O–H groups in total. The van der Waals surface area contributed by atoms with E-state index in [0.29, 0.717) is 12.0 Å². The molecule has 1 atom stereocenters. The van der Waals surface area contributed by atoms with Crippen LogP contribution in [0.5, 0.6) is 0 Å². The highest BCUT2D eigenvalue weighted by atomic mass is 16.3. The first kappa shape index (κ1) is 12.6. The molecular formula is C17H21NO. The molecule has 1 aliphatic carbocycles. The lowest BCUT2D eigenvalue weighted by Crippen LogP contribution is -2.27. The molecule has 1 unspecified atom stereocenters. The zero-order valence-corrected chi connectivity index (χ0v) is 11.4. The van der Waals surface area contributed by atoms with E-state index in [1.807, 2.05) is 18.2 Å². The van der Waals surface area contributed by atoms with Gasteiger partial charge in [0.15, 0.2) is 0 Å². The van der Waals surface area contributed by atoms with Crippen molar-refractivity contribution in [2.24, 2.45) is 5.41 Å². The Kier molecular flexibility index (Phi) is 3.29. The van der Waals surface area contributed by atoms with Crippen LogP contribution in [0.15, 0.2) is 42.5 Å². The minimum absolute atomic E-state index is 0.424. The number of benzene rings is 2. The van der Waals surface area contributed by atoms with Crippen LogP contribution in [0.2, 0.25) is 0 Å². The van der Waals surface area contributed by atoms with Crippen molar-refractivity contribution < 1.29 is 5.11 Å². The smallest absolute Gasteiger partial charge is 0.0914 e. The minimum Gasteiger partial charge on any atom is -0.387 e. The molecule has 2 aromatic carbocycles. The van der Waals surface area contributed by atoms with Crippen molar-refractivity contribution >= 4 is 10.8 Å². The molecule has 0 bridgehead atoms. The Hall–Kier alpha value is -1.38. The van der Waals surface area contributed by atoms with Gasteiger partial charge in [0.05, 0.1) is 6.10 Å². The molecule has 0 aliphatic heterocycles. The standard InChI is InChI=1S/C17H21NO/c1-17(8-9-17)12-18-11-16(19)15-7-6-13-4-2-3-5-14(13)10-15/h2-7,10,16,18-19H,8-9,11-12H2,1H3. The van der Waals surface area contributed by atoms with Crippen LogP contribution >= 0.6 is 0 Å². The molecule has 3 rings (SSSR count). The zero-order chi connectivity index (χ0) is 13.3. The Balaban J connectivity index is 1.65. The molecule has 2 aromatic rings. The molecule has 0 heterocycles. The van der Waals surface area contributed by atoms with E-state index >= 15 is 0 Å². The van der Waals surface area contributed by atoms with Crippen LogP contribution in [0.3, 0.4) is 0 Å². The van der Waals surface area contributed by atoms with Gasteiger partial charge in [-0.1, -0.05) is 43.3 Å². The molecule has 2 nitrogen and oxygen atoms in total. The first-order valence-corrected chi connectivity index (χ1v) is 7.04. The first-order valence-electron chi connectivity index (χ1n) is 7.04. The largest absolute Gasteiger partial charge is 0.387 e. The number of hydrogen-bond donors (Lipinski definition) is 2. The number of aliphatic hydroxyl groups is 1. The SMILES string of the molecule is CC1(CNCC(O)c2ccc3ccccc3c2)CC1. The monoisotopic (exact) mass is 255 g/mol. The molecule has 19 heavy (non-hydrogen) atoms. The summed E-state index contributed by atoms with van der Waals surface area (Å²) in [6, 6.07) is 14.4. The molecule has 0 amide bonds. The highest BCUT2D eigenvalue weighted by Gasteiger charge is 2.36. The average Bonchev–Trinajstić information content (AvgIpc) is 3.16. The van der Waals surface area contributed by atoms with Crippen molar-refractivity contribution in [1.29, 1.82) is 0 Å². The van der Waals surface area contributed by atoms with Crippen LogP contribution < -0.4 is 5.32 Å². The molecule has 0 spiro atoms. The fourth-order valence-electron chi connectivity index (χ4n) is 2.43. The molecule has 0 saturated heterocycles. The van der Waals surface area contributed by atoms with Crippen molar-refractivity contribution in [2.75, 3.05) is 13.1 Å². The average molecular weight is 255 g/mol. The zero-order valence-electron chi connectivity index (χ0n) is 11.4. The van der Waals surface area contributed by atoms with Gasteiger partial charge in [0.2, 0.25) is 0 Å². The van der Waals surface area contributed by atoms with Gasteiger partial charge >= 0.3 is 0 Å². The maximum atomic E-state index is 10.2. The maximum Gasteiger partial charge on any atom is 0.0914 e. The molecule has 2 heteroatoms. The van der Waals surface area contributed by atoms with E-state index in [1.165, 1.54) is 23.6 Å². The Bertz CT molecular complexity index is 574. The fourth-order valence-corrected chi connectivity index (χ4v) is 2.43. The van der Waals surface area contributed by atoms with E-state index in [2.05, 4.69) is 36.5 Å². The van der Waals surface area contributed by atoms with Crippen LogP contribution in [0.25, 0.3) is 10.8 Å². The molecule has 1 aliphatic rings. The number of nitrogens with one attached hydrogen (secondary N) is 1. The molecule has 1 saturated carbocycles. The van der Waals surface area contributed by atoms with Crippen LogP contribution in [0.4, 0.5) is 0 Å². The molecule has 1 fully saturated rings. The summed E-state index contributed by atoms with van der Waals surface area (Å²) in [5.74, 6) is 0. The van der Waals surface area contributed by atoms with Crippen molar-refractivity contribution in [2.45, 2.75) is 25.9 Å². The summed E-state index contributed by atoms with van der Waals surface area (Å²) >= 11 is 0. The Morgan fingerprint density at radius 2 is 1.89 bits per heavy atom. The molecule has 100 valence electrons. The van der Waals surface area contributed by atoms with E-state index in [-0.39, 0.29) is 0 Å². The van der Waals surface area contributed by atoms with Crippen molar-refractivity contribution in [3.8, 4) is 0 Å². The first-order chi connectivity index (χ1) is 9.16. The van der Waals surface area contributed by atoms with Gasteiger partial charge in [-0.15, -0.1) is 0 Å². The van der Waals surface area contributed by atoms with Crippen molar-refractivity contribution in [3.63, 3.8) is 0 Å². The molecular weight excluding hydrogens is 234 g/mol. The summed E-state index contributed by atoms with van der Waals surface area (Å²) in [7, 11) is 0. The quantitative estimate of drug-likeness (QED) is 0.859. The predicted octanol–water partition coefficient (Wildman–Crippen LogP) is 3.26. The van der Waals surface area contributed by atoms with Crippen LogP contribution in [0.1, 0.15) is 31.4 Å². The minimum atomic E-state index is -0.424. The summed E-state index contributed by atoms with van der Waals surface area (Å²) in [4.78, 5) is 0. The summed E-state index contributed by atoms with van der Waals surface area (Å²) in [5, 5.41) is 16.0. The van der Waals surface area contributed by atoms with E-state index in [4.69, 9.17) is 0 Å². The van der Waals surface area contributed by atoms with Gasteiger partial charge in [0.25, 0.3) is 0 Å².